The van der Waals surface area contributed by atoms with Gasteiger partial charge in [-0.1, -0.05) is 13.0 Å². The van der Waals surface area contributed by atoms with Crippen molar-refractivity contribution in [3.8, 4) is 0 Å². The molecule has 0 spiro atoms. The molecule has 0 saturated carbocycles. The van der Waals surface area contributed by atoms with Gasteiger partial charge in [0.1, 0.15) is 11.3 Å². The van der Waals surface area contributed by atoms with E-state index in [1.54, 1.807) is 19.1 Å². The first-order valence-electron chi connectivity index (χ1n) is 6.65. The van der Waals surface area contributed by atoms with E-state index < -0.39 is 21.6 Å². The zero-order valence-electron chi connectivity index (χ0n) is 12.0. The molecule has 0 saturated heterocycles. The number of para-hydroxylation sites is 1. The van der Waals surface area contributed by atoms with Gasteiger partial charge in [-0.2, -0.15) is 0 Å². The maximum absolute atomic E-state index is 12.1. The quantitative estimate of drug-likeness (QED) is 0.560. The largest absolute Gasteiger partial charge is 0.380 e. The predicted octanol–water partition coefficient (Wildman–Crippen LogP) is 1.53. The molecule has 1 atom stereocenters. The summed E-state index contributed by atoms with van der Waals surface area (Å²) in [7, 11) is -0.982. The maximum Gasteiger partial charge on any atom is 0.305 e. The predicted molar refractivity (Wildman–Crippen MR) is 83.1 cm³/mol. The van der Waals surface area contributed by atoms with Crippen LogP contribution in [-0.2, 0) is 10.8 Å². The Morgan fingerprint density at radius 3 is 2.67 bits per heavy atom. The minimum Gasteiger partial charge on any atom is -0.380 e. The van der Waals surface area contributed by atoms with Gasteiger partial charge in [0.25, 0.3) is 5.91 Å². The van der Waals surface area contributed by atoms with Crippen molar-refractivity contribution in [2.24, 2.45) is 0 Å². The number of hydrogen-bond acceptors (Lipinski definition) is 5. The molecule has 2 N–H and O–H groups in total. The summed E-state index contributed by atoms with van der Waals surface area (Å²) in [5.41, 5.74) is 0.0708. The lowest BCUT2D eigenvalue weighted by Crippen LogP contribution is -2.28. The van der Waals surface area contributed by atoms with E-state index in [0.717, 1.165) is 0 Å². The van der Waals surface area contributed by atoms with Gasteiger partial charge in [0.05, 0.1) is 4.92 Å². The van der Waals surface area contributed by atoms with Crippen LogP contribution >= 0.6 is 0 Å². The number of benzene rings is 1. The first-order chi connectivity index (χ1) is 10.0. The molecular formula is C13H19N3O4S. The van der Waals surface area contributed by atoms with E-state index >= 15 is 0 Å². The summed E-state index contributed by atoms with van der Waals surface area (Å²) in [6.07, 6.45) is 0. The number of nitrogens with zero attached hydrogens (tertiary/aromatic N) is 1. The third-order valence-corrected chi connectivity index (χ3v) is 4.07. The average molecular weight is 313 g/mol. The van der Waals surface area contributed by atoms with Crippen LogP contribution < -0.4 is 10.6 Å². The summed E-state index contributed by atoms with van der Waals surface area (Å²) < 4.78 is 11.3. The van der Waals surface area contributed by atoms with Crippen LogP contribution in [0.1, 0.15) is 24.2 Å². The lowest BCUT2D eigenvalue weighted by molar-refractivity contribution is -0.384. The fraction of sp³-hybridized carbons (Fsp3) is 0.462. The van der Waals surface area contributed by atoms with Crippen LogP contribution in [0.2, 0.25) is 0 Å². The highest BCUT2D eigenvalue weighted by Gasteiger charge is 2.23. The van der Waals surface area contributed by atoms with Crippen molar-refractivity contribution in [1.29, 1.82) is 0 Å². The molecule has 116 valence electrons. The van der Waals surface area contributed by atoms with Gasteiger partial charge in [0.2, 0.25) is 0 Å². The van der Waals surface area contributed by atoms with Crippen molar-refractivity contribution in [1.82, 2.24) is 5.32 Å². The number of rotatable bonds is 8. The van der Waals surface area contributed by atoms with E-state index in [0.29, 0.717) is 23.7 Å². The molecule has 0 aliphatic heterocycles. The Labute approximate surface area is 125 Å². The molecule has 0 fully saturated rings. The fourth-order valence-electron chi connectivity index (χ4n) is 1.77. The lowest BCUT2D eigenvalue weighted by atomic mass is 10.1. The van der Waals surface area contributed by atoms with E-state index in [-0.39, 0.29) is 17.8 Å². The molecule has 7 nitrogen and oxygen atoms in total. The van der Waals surface area contributed by atoms with Crippen LogP contribution in [0.3, 0.4) is 0 Å². The van der Waals surface area contributed by atoms with Gasteiger partial charge in [-0.25, -0.2) is 0 Å². The Bertz CT molecular complexity index is 548. The summed E-state index contributed by atoms with van der Waals surface area (Å²) >= 11 is 0. The highest BCUT2D eigenvalue weighted by atomic mass is 32.2. The molecule has 1 amide bonds. The van der Waals surface area contributed by atoms with Crippen molar-refractivity contribution in [2.45, 2.75) is 13.8 Å². The standard InChI is InChI=1S/C13H19N3O4S/c1-3-14-11-7-5-6-10(12(11)16(18)19)13(17)15-8-9-21(20)4-2/h5-7,14H,3-4,8-9H2,1-2H3,(H,15,17). The molecule has 1 rings (SSSR count). The van der Waals surface area contributed by atoms with Gasteiger partial charge < -0.3 is 10.6 Å². The number of anilines is 1. The van der Waals surface area contributed by atoms with Crippen LogP contribution in [0.5, 0.6) is 0 Å². The summed E-state index contributed by atoms with van der Waals surface area (Å²) in [6.45, 7) is 4.35. The number of nitro groups is 1. The van der Waals surface area contributed by atoms with Gasteiger partial charge in [0, 0.05) is 35.4 Å². The van der Waals surface area contributed by atoms with Crippen LogP contribution in [0, 0.1) is 10.1 Å². The minimum atomic E-state index is -0.982. The smallest absolute Gasteiger partial charge is 0.305 e. The number of nitro benzene ring substituents is 1. The minimum absolute atomic E-state index is 0.000677. The molecule has 1 aromatic carbocycles. The first-order valence-corrected chi connectivity index (χ1v) is 8.14. The summed E-state index contributed by atoms with van der Waals surface area (Å²) in [5, 5.41) is 16.6. The molecule has 0 heterocycles. The number of amides is 1. The Kier molecular flexibility index (Phi) is 6.80. The fourth-order valence-corrected chi connectivity index (χ4v) is 2.39. The van der Waals surface area contributed by atoms with Crippen LogP contribution in [0.25, 0.3) is 0 Å². The third kappa shape index (κ3) is 4.82. The Balaban J connectivity index is 2.90. The molecule has 0 aliphatic carbocycles. The van der Waals surface area contributed by atoms with Crippen molar-refractivity contribution in [3.05, 3.63) is 33.9 Å². The molecule has 0 bridgehead atoms. The topological polar surface area (TPSA) is 101 Å². The van der Waals surface area contributed by atoms with E-state index in [1.165, 1.54) is 6.07 Å². The van der Waals surface area contributed by atoms with Gasteiger partial charge in [-0.15, -0.1) is 0 Å². The van der Waals surface area contributed by atoms with Gasteiger partial charge in [0.15, 0.2) is 0 Å². The Morgan fingerprint density at radius 1 is 1.38 bits per heavy atom. The Morgan fingerprint density at radius 2 is 2.10 bits per heavy atom. The zero-order chi connectivity index (χ0) is 15.8. The normalized spacial score (nSPS) is 11.7. The second-order valence-corrected chi connectivity index (χ2v) is 6.04. The molecule has 8 heteroatoms. The van der Waals surface area contributed by atoms with Crippen molar-refractivity contribution in [3.63, 3.8) is 0 Å². The van der Waals surface area contributed by atoms with Gasteiger partial charge >= 0.3 is 5.69 Å². The van der Waals surface area contributed by atoms with E-state index in [1.807, 2.05) is 6.92 Å². The highest BCUT2D eigenvalue weighted by molar-refractivity contribution is 7.84. The van der Waals surface area contributed by atoms with Crippen LogP contribution in [0.4, 0.5) is 11.4 Å². The van der Waals surface area contributed by atoms with E-state index in [9.17, 15) is 19.1 Å². The zero-order valence-corrected chi connectivity index (χ0v) is 12.9. The molecule has 0 aliphatic rings. The molecule has 0 radical (unpaired) electrons. The molecule has 1 aromatic rings. The Hall–Kier alpha value is -1.96. The molecular weight excluding hydrogens is 294 g/mol. The third-order valence-electron chi connectivity index (χ3n) is 2.77. The highest BCUT2D eigenvalue weighted by Crippen LogP contribution is 2.28. The van der Waals surface area contributed by atoms with Crippen molar-refractivity contribution < 1.29 is 13.9 Å². The number of carbonyl (C=O) groups excluding carboxylic acids is 1. The van der Waals surface area contributed by atoms with Gasteiger partial charge in [-0.3, -0.25) is 19.1 Å². The first kappa shape index (κ1) is 17.1. The van der Waals surface area contributed by atoms with E-state index in [4.69, 9.17) is 0 Å². The second-order valence-electron chi connectivity index (χ2n) is 4.18. The summed E-state index contributed by atoms with van der Waals surface area (Å²) in [4.78, 5) is 22.7. The summed E-state index contributed by atoms with van der Waals surface area (Å²) in [6, 6.07) is 4.56. The van der Waals surface area contributed by atoms with E-state index in [2.05, 4.69) is 10.6 Å². The number of nitrogens with one attached hydrogen (secondary N) is 2. The molecule has 0 aromatic heterocycles. The second kappa shape index (κ2) is 8.35. The molecule has 1 unspecified atom stereocenters. The van der Waals surface area contributed by atoms with Crippen molar-refractivity contribution in [2.75, 3.05) is 29.9 Å². The van der Waals surface area contributed by atoms with Crippen molar-refractivity contribution >= 4 is 28.1 Å². The number of carbonyl (C=O) groups is 1. The average Bonchev–Trinajstić information content (AvgIpc) is 2.46. The molecule has 21 heavy (non-hydrogen) atoms. The lowest BCUT2D eigenvalue weighted by Gasteiger charge is -2.09. The number of hydrogen-bond donors (Lipinski definition) is 2. The van der Waals surface area contributed by atoms with Crippen LogP contribution in [-0.4, -0.2) is 39.6 Å². The SMILES string of the molecule is CCNc1cccc(C(=O)NCCS(=O)CC)c1[N+](=O)[O-]. The van der Waals surface area contributed by atoms with Gasteiger partial charge in [-0.05, 0) is 19.1 Å². The monoisotopic (exact) mass is 313 g/mol. The summed E-state index contributed by atoms with van der Waals surface area (Å²) in [5.74, 6) is 0.323. The van der Waals surface area contributed by atoms with Crippen LogP contribution in [0.15, 0.2) is 18.2 Å². The maximum atomic E-state index is 12.1.